The first-order valence-corrected chi connectivity index (χ1v) is 7.09. The Morgan fingerprint density at radius 3 is 2.63 bits per heavy atom. The SMILES string of the molecule is CC(C)Cn1c2c(cc(C(C)N)c1=O)CN(C)CC2. The molecule has 2 N–H and O–H groups in total. The van der Waals surface area contributed by atoms with E-state index in [1.165, 1.54) is 11.3 Å². The number of aromatic nitrogens is 1. The third-order valence-electron chi connectivity index (χ3n) is 3.73. The molecule has 0 saturated heterocycles. The van der Waals surface area contributed by atoms with E-state index in [2.05, 4.69) is 25.8 Å². The van der Waals surface area contributed by atoms with Crippen LogP contribution in [0, 0.1) is 5.92 Å². The van der Waals surface area contributed by atoms with E-state index in [1.54, 1.807) is 0 Å². The van der Waals surface area contributed by atoms with E-state index < -0.39 is 0 Å². The van der Waals surface area contributed by atoms with Crippen LogP contribution in [0.2, 0.25) is 0 Å². The maximum atomic E-state index is 12.6. The number of rotatable bonds is 3. The van der Waals surface area contributed by atoms with Crippen LogP contribution >= 0.6 is 0 Å². The van der Waals surface area contributed by atoms with Crippen molar-refractivity contribution < 1.29 is 0 Å². The Kier molecular flexibility index (Phi) is 4.11. The first kappa shape index (κ1) is 14.3. The van der Waals surface area contributed by atoms with Crippen LogP contribution in [0.1, 0.15) is 43.6 Å². The van der Waals surface area contributed by atoms with Crippen LogP contribution in [0.3, 0.4) is 0 Å². The number of nitrogens with two attached hydrogens (primary N) is 1. The fourth-order valence-corrected chi connectivity index (χ4v) is 2.77. The predicted molar refractivity (Wildman–Crippen MR) is 78.2 cm³/mol. The molecule has 1 atom stereocenters. The van der Waals surface area contributed by atoms with E-state index in [-0.39, 0.29) is 11.6 Å². The zero-order valence-electron chi connectivity index (χ0n) is 12.4. The number of likely N-dealkylation sites (N-methyl/N-ethyl adjacent to an activating group) is 1. The molecule has 0 saturated carbocycles. The smallest absolute Gasteiger partial charge is 0.255 e. The van der Waals surface area contributed by atoms with E-state index in [9.17, 15) is 4.79 Å². The molecule has 0 fully saturated rings. The van der Waals surface area contributed by atoms with Crippen molar-refractivity contribution in [1.29, 1.82) is 0 Å². The molecular formula is C15H25N3O. The Hall–Kier alpha value is -1.13. The molecule has 0 radical (unpaired) electrons. The minimum absolute atomic E-state index is 0.104. The summed E-state index contributed by atoms with van der Waals surface area (Å²) in [5.41, 5.74) is 9.28. The molecule has 4 nitrogen and oxygen atoms in total. The summed E-state index contributed by atoms with van der Waals surface area (Å²) in [6.07, 6.45) is 0.951. The lowest BCUT2D eigenvalue weighted by atomic mass is 10.00. The third kappa shape index (κ3) is 2.90. The van der Waals surface area contributed by atoms with Gasteiger partial charge in [0.1, 0.15) is 0 Å². The summed E-state index contributed by atoms with van der Waals surface area (Å²) in [4.78, 5) is 14.9. The average molecular weight is 263 g/mol. The number of pyridine rings is 1. The molecule has 1 unspecified atom stereocenters. The molecule has 2 heterocycles. The third-order valence-corrected chi connectivity index (χ3v) is 3.73. The van der Waals surface area contributed by atoms with Crippen LogP contribution in [0.5, 0.6) is 0 Å². The summed E-state index contributed by atoms with van der Waals surface area (Å²) < 4.78 is 1.96. The number of fused-ring (bicyclic) bond motifs is 1. The molecule has 0 aromatic carbocycles. The van der Waals surface area contributed by atoms with Crippen LogP contribution < -0.4 is 11.3 Å². The molecule has 0 bridgehead atoms. The van der Waals surface area contributed by atoms with Gasteiger partial charge in [0.2, 0.25) is 0 Å². The Labute approximate surface area is 115 Å². The van der Waals surface area contributed by atoms with E-state index in [0.717, 1.165) is 31.6 Å². The molecule has 1 aliphatic rings. The molecule has 0 amide bonds. The molecule has 1 aromatic rings. The van der Waals surface area contributed by atoms with E-state index in [1.807, 2.05) is 17.6 Å². The van der Waals surface area contributed by atoms with Gasteiger partial charge in [-0.1, -0.05) is 13.8 Å². The van der Waals surface area contributed by atoms with Gasteiger partial charge in [-0.3, -0.25) is 4.79 Å². The molecule has 106 valence electrons. The van der Waals surface area contributed by atoms with Crippen LogP contribution in [-0.4, -0.2) is 23.1 Å². The Bertz CT molecular complexity index is 517. The van der Waals surface area contributed by atoms with Crippen molar-refractivity contribution in [2.75, 3.05) is 13.6 Å². The minimum Gasteiger partial charge on any atom is -0.324 e. The number of hydrogen-bond donors (Lipinski definition) is 1. The summed E-state index contributed by atoms with van der Waals surface area (Å²) in [7, 11) is 2.12. The average Bonchev–Trinajstić information content (AvgIpc) is 2.31. The summed E-state index contributed by atoms with van der Waals surface area (Å²) >= 11 is 0. The zero-order chi connectivity index (χ0) is 14.2. The molecule has 1 aromatic heterocycles. The van der Waals surface area contributed by atoms with Crippen molar-refractivity contribution in [2.24, 2.45) is 11.7 Å². The van der Waals surface area contributed by atoms with Crippen molar-refractivity contribution in [2.45, 2.75) is 46.3 Å². The second-order valence-electron chi connectivity index (χ2n) is 6.16. The Balaban J connectivity index is 2.58. The fourth-order valence-electron chi connectivity index (χ4n) is 2.77. The molecule has 0 aliphatic carbocycles. The highest BCUT2D eigenvalue weighted by atomic mass is 16.1. The van der Waals surface area contributed by atoms with Gasteiger partial charge in [0, 0.05) is 43.4 Å². The number of hydrogen-bond acceptors (Lipinski definition) is 3. The van der Waals surface area contributed by atoms with Crippen molar-refractivity contribution in [3.63, 3.8) is 0 Å². The van der Waals surface area contributed by atoms with Gasteiger partial charge in [0.05, 0.1) is 0 Å². The molecule has 0 spiro atoms. The van der Waals surface area contributed by atoms with E-state index >= 15 is 0 Å². The summed E-state index contributed by atoms with van der Waals surface area (Å²) in [6.45, 7) is 8.88. The highest BCUT2D eigenvalue weighted by Gasteiger charge is 2.21. The molecular weight excluding hydrogens is 238 g/mol. The van der Waals surface area contributed by atoms with Gasteiger partial charge >= 0.3 is 0 Å². The van der Waals surface area contributed by atoms with Gasteiger partial charge in [-0.2, -0.15) is 0 Å². The van der Waals surface area contributed by atoms with Crippen LogP contribution in [-0.2, 0) is 19.5 Å². The summed E-state index contributed by atoms with van der Waals surface area (Å²) in [5, 5.41) is 0. The van der Waals surface area contributed by atoms with Crippen LogP contribution in [0.25, 0.3) is 0 Å². The lowest BCUT2D eigenvalue weighted by Gasteiger charge is -2.29. The quantitative estimate of drug-likeness (QED) is 0.899. The fraction of sp³-hybridized carbons (Fsp3) is 0.667. The lowest BCUT2D eigenvalue weighted by molar-refractivity contribution is 0.301. The molecule has 19 heavy (non-hydrogen) atoms. The standard InChI is InChI=1S/C15H25N3O/c1-10(2)8-18-14-5-6-17(4)9-12(14)7-13(11(3)16)15(18)19/h7,10-11H,5-6,8-9,16H2,1-4H3. The van der Waals surface area contributed by atoms with E-state index in [0.29, 0.717) is 5.92 Å². The van der Waals surface area contributed by atoms with Gasteiger partial charge in [-0.05, 0) is 31.5 Å². The van der Waals surface area contributed by atoms with Crippen LogP contribution in [0.15, 0.2) is 10.9 Å². The maximum Gasteiger partial charge on any atom is 0.255 e. The first-order chi connectivity index (χ1) is 8.90. The summed E-state index contributed by atoms with van der Waals surface area (Å²) in [6, 6.07) is 1.82. The minimum atomic E-state index is -0.205. The van der Waals surface area contributed by atoms with Crippen molar-refractivity contribution in [3.05, 3.63) is 33.2 Å². The molecule has 2 rings (SSSR count). The summed E-state index contributed by atoms with van der Waals surface area (Å²) in [5.74, 6) is 0.463. The zero-order valence-corrected chi connectivity index (χ0v) is 12.4. The first-order valence-electron chi connectivity index (χ1n) is 7.09. The second-order valence-corrected chi connectivity index (χ2v) is 6.16. The monoisotopic (exact) mass is 263 g/mol. The normalized spacial score (nSPS) is 17.6. The predicted octanol–water partition coefficient (Wildman–Crippen LogP) is 1.51. The van der Waals surface area contributed by atoms with Gasteiger partial charge in [-0.15, -0.1) is 0 Å². The van der Waals surface area contributed by atoms with Gasteiger partial charge < -0.3 is 15.2 Å². The van der Waals surface area contributed by atoms with Crippen molar-refractivity contribution >= 4 is 0 Å². The topological polar surface area (TPSA) is 51.3 Å². The Morgan fingerprint density at radius 1 is 1.37 bits per heavy atom. The lowest BCUT2D eigenvalue weighted by Crippen LogP contribution is -2.37. The maximum absolute atomic E-state index is 12.6. The molecule has 4 heteroatoms. The van der Waals surface area contributed by atoms with Gasteiger partial charge in [0.15, 0.2) is 0 Å². The number of nitrogens with zero attached hydrogens (tertiary/aromatic N) is 2. The highest BCUT2D eigenvalue weighted by Crippen LogP contribution is 2.20. The largest absolute Gasteiger partial charge is 0.324 e. The van der Waals surface area contributed by atoms with Crippen molar-refractivity contribution in [1.82, 2.24) is 9.47 Å². The van der Waals surface area contributed by atoms with Gasteiger partial charge in [0.25, 0.3) is 5.56 Å². The Morgan fingerprint density at radius 2 is 2.05 bits per heavy atom. The molecule has 1 aliphatic heterocycles. The van der Waals surface area contributed by atoms with Crippen molar-refractivity contribution in [3.8, 4) is 0 Å². The van der Waals surface area contributed by atoms with E-state index in [4.69, 9.17) is 5.73 Å². The van der Waals surface area contributed by atoms with Crippen LogP contribution in [0.4, 0.5) is 0 Å². The second kappa shape index (κ2) is 5.47. The van der Waals surface area contributed by atoms with Gasteiger partial charge in [-0.25, -0.2) is 0 Å². The highest BCUT2D eigenvalue weighted by molar-refractivity contribution is 5.30.